The second kappa shape index (κ2) is 4.14. The highest BCUT2D eigenvalue weighted by atomic mass is 35.5. The number of benzene rings is 1. The van der Waals surface area contributed by atoms with Crippen LogP contribution in [0.1, 0.15) is 11.1 Å². The van der Waals surface area contributed by atoms with E-state index in [9.17, 15) is 23.3 Å². The van der Waals surface area contributed by atoms with Gasteiger partial charge in [0.15, 0.2) is 0 Å². The van der Waals surface area contributed by atoms with E-state index in [4.69, 9.17) is 11.6 Å². The SMILES string of the molecule is Cc1c(C(F)(F)F)cc(Cl)c(S)c1[N+](=O)[O-]. The molecule has 0 aliphatic carbocycles. The molecule has 88 valence electrons. The average Bonchev–Trinajstić information content (AvgIpc) is 2.09. The monoisotopic (exact) mass is 271 g/mol. The lowest BCUT2D eigenvalue weighted by atomic mass is 10.1. The van der Waals surface area contributed by atoms with E-state index in [0.717, 1.165) is 6.92 Å². The minimum Gasteiger partial charge on any atom is -0.258 e. The van der Waals surface area contributed by atoms with Crippen LogP contribution in [0.25, 0.3) is 0 Å². The Bertz CT molecular complexity index is 462. The van der Waals surface area contributed by atoms with E-state index in [1.165, 1.54) is 0 Å². The van der Waals surface area contributed by atoms with Crippen molar-refractivity contribution in [1.29, 1.82) is 0 Å². The van der Waals surface area contributed by atoms with Crippen LogP contribution in [0, 0.1) is 17.0 Å². The van der Waals surface area contributed by atoms with Gasteiger partial charge in [-0.2, -0.15) is 13.2 Å². The maximum Gasteiger partial charge on any atom is 0.416 e. The van der Waals surface area contributed by atoms with Crippen molar-refractivity contribution in [2.45, 2.75) is 18.0 Å². The average molecular weight is 272 g/mol. The summed E-state index contributed by atoms with van der Waals surface area (Å²) in [7, 11) is 0. The lowest BCUT2D eigenvalue weighted by Crippen LogP contribution is -2.09. The van der Waals surface area contributed by atoms with Gasteiger partial charge in [-0.05, 0) is 13.0 Å². The highest BCUT2D eigenvalue weighted by molar-refractivity contribution is 7.80. The number of nitrogens with zero attached hydrogens (tertiary/aromatic N) is 1. The fourth-order valence-corrected chi connectivity index (χ4v) is 1.75. The Morgan fingerprint density at radius 1 is 1.50 bits per heavy atom. The second-order valence-electron chi connectivity index (χ2n) is 2.98. The van der Waals surface area contributed by atoms with Gasteiger partial charge in [-0.25, -0.2) is 0 Å². The van der Waals surface area contributed by atoms with Crippen molar-refractivity contribution in [2.24, 2.45) is 0 Å². The number of nitro groups is 1. The number of halogens is 4. The summed E-state index contributed by atoms with van der Waals surface area (Å²) < 4.78 is 37.5. The highest BCUT2D eigenvalue weighted by Gasteiger charge is 2.37. The van der Waals surface area contributed by atoms with Crippen LogP contribution in [0.2, 0.25) is 5.02 Å². The van der Waals surface area contributed by atoms with Crippen molar-refractivity contribution in [3.63, 3.8) is 0 Å². The second-order valence-corrected chi connectivity index (χ2v) is 3.84. The van der Waals surface area contributed by atoms with Gasteiger partial charge in [-0.1, -0.05) is 11.6 Å². The molecule has 0 heterocycles. The molecule has 0 atom stereocenters. The van der Waals surface area contributed by atoms with Crippen molar-refractivity contribution < 1.29 is 18.1 Å². The van der Waals surface area contributed by atoms with Crippen molar-refractivity contribution in [1.82, 2.24) is 0 Å². The van der Waals surface area contributed by atoms with E-state index >= 15 is 0 Å². The van der Waals surface area contributed by atoms with Crippen molar-refractivity contribution in [3.05, 3.63) is 32.3 Å². The summed E-state index contributed by atoms with van der Waals surface area (Å²) in [6, 6.07) is 0.631. The number of alkyl halides is 3. The van der Waals surface area contributed by atoms with Gasteiger partial charge < -0.3 is 0 Å². The maximum absolute atomic E-state index is 12.5. The molecule has 0 aliphatic heterocycles. The minimum atomic E-state index is -4.68. The zero-order valence-electron chi connectivity index (χ0n) is 7.80. The molecule has 0 aliphatic rings. The Labute approximate surface area is 98.8 Å². The lowest BCUT2D eigenvalue weighted by Gasteiger charge is -2.12. The Morgan fingerprint density at radius 3 is 2.38 bits per heavy atom. The van der Waals surface area contributed by atoms with Gasteiger partial charge in [0.1, 0.15) is 4.90 Å². The van der Waals surface area contributed by atoms with E-state index in [1.807, 2.05) is 0 Å². The number of nitro benzene ring substituents is 1. The summed E-state index contributed by atoms with van der Waals surface area (Å²) in [5.41, 5.74) is -2.34. The molecular formula is C8H5ClF3NO2S. The summed E-state index contributed by atoms with van der Waals surface area (Å²) in [6.07, 6.45) is -4.68. The predicted molar refractivity (Wildman–Crippen MR) is 55.1 cm³/mol. The number of thiol groups is 1. The Balaban J connectivity index is 3.64. The Kier molecular flexibility index (Phi) is 3.39. The van der Waals surface area contributed by atoms with E-state index in [-0.39, 0.29) is 4.90 Å². The molecule has 0 saturated carbocycles. The van der Waals surface area contributed by atoms with E-state index in [0.29, 0.717) is 6.07 Å². The first-order chi connectivity index (χ1) is 7.16. The smallest absolute Gasteiger partial charge is 0.258 e. The first kappa shape index (κ1) is 13.1. The van der Waals surface area contributed by atoms with Crippen LogP contribution in [0.15, 0.2) is 11.0 Å². The van der Waals surface area contributed by atoms with E-state index < -0.39 is 32.9 Å². The molecule has 0 bridgehead atoms. The fourth-order valence-electron chi connectivity index (χ4n) is 1.24. The van der Waals surface area contributed by atoms with Gasteiger partial charge in [0.25, 0.3) is 5.69 Å². The third-order valence-corrected chi connectivity index (χ3v) is 2.85. The third kappa shape index (κ3) is 2.25. The van der Waals surface area contributed by atoms with Crippen LogP contribution in [-0.2, 0) is 6.18 Å². The molecule has 0 radical (unpaired) electrons. The van der Waals surface area contributed by atoms with Crippen LogP contribution in [-0.4, -0.2) is 4.92 Å². The zero-order chi connectivity index (χ0) is 12.7. The normalized spacial score (nSPS) is 11.6. The molecule has 16 heavy (non-hydrogen) atoms. The Morgan fingerprint density at radius 2 is 2.00 bits per heavy atom. The minimum absolute atomic E-state index is 0.267. The van der Waals surface area contributed by atoms with Crippen LogP contribution >= 0.6 is 24.2 Å². The molecule has 1 aromatic carbocycles. The number of hydrogen-bond acceptors (Lipinski definition) is 3. The number of hydrogen-bond donors (Lipinski definition) is 1. The topological polar surface area (TPSA) is 43.1 Å². The molecule has 0 saturated heterocycles. The highest BCUT2D eigenvalue weighted by Crippen LogP contribution is 2.41. The Hall–Kier alpha value is -0.950. The third-order valence-electron chi connectivity index (χ3n) is 1.97. The summed E-state index contributed by atoms with van der Waals surface area (Å²) in [5, 5.41) is 10.2. The summed E-state index contributed by atoms with van der Waals surface area (Å²) in [4.78, 5) is 9.41. The van der Waals surface area contributed by atoms with Crippen LogP contribution in [0.5, 0.6) is 0 Å². The summed E-state index contributed by atoms with van der Waals surface area (Å²) in [5.74, 6) is 0. The molecule has 1 aromatic rings. The van der Waals surface area contributed by atoms with Crippen molar-refractivity contribution in [2.75, 3.05) is 0 Å². The van der Waals surface area contributed by atoms with Crippen LogP contribution in [0.3, 0.4) is 0 Å². The first-order valence-corrected chi connectivity index (χ1v) is 4.72. The maximum atomic E-state index is 12.5. The molecular weight excluding hydrogens is 267 g/mol. The fraction of sp³-hybridized carbons (Fsp3) is 0.250. The molecule has 0 fully saturated rings. The molecule has 0 spiro atoms. The van der Waals surface area contributed by atoms with E-state index in [1.54, 1.807) is 0 Å². The van der Waals surface area contributed by atoms with Crippen LogP contribution < -0.4 is 0 Å². The van der Waals surface area contributed by atoms with Gasteiger partial charge in [0, 0.05) is 5.56 Å². The van der Waals surface area contributed by atoms with Gasteiger partial charge in [-0.15, -0.1) is 12.6 Å². The van der Waals surface area contributed by atoms with Crippen molar-refractivity contribution >= 4 is 29.9 Å². The molecule has 0 unspecified atom stereocenters. The predicted octanol–water partition coefficient (Wildman–Crippen LogP) is 3.86. The molecule has 0 aromatic heterocycles. The molecule has 8 heteroatoms. The molecule has 0 amide bonds. The number of rotatable bonds is 1. The quantitative estimate of drug-likeness (QED) is 0.479. The summed E-state index contributed by atoms with van der Waals surface area (Å²) >= 11 is 9.18. The standard InChI is InChI=1S/C8H5ClF3NO2S/c1-3-4(8(10,11)12)2-5(9)7(16)6(3)13(14)15/h2,16H,1H3. The van der Waals surface area contributed by atoms with Gasteiger partial charge in [0.05, 0.1) is 15.5 Å². The largest absolute Gasteiger partial charge is 0.416 e. The van der Waals surface area contributed by atoms with Crippen LogP contribution in [0.4, 0.5) is 18.9 Å². The van der Waals surface area contributed by atoms with Gasteiger partial charge in [-0.3, -0.25) is 10.1 Å². The molecule has 0 N–H and O–H groups in total. The van der Waals surface area contributed by atoms with Crippen molar-refractivity contribution in [3.8, 4) is 0 Å². The first-order valence-electron chi connectivity index (χ1n) is 3.90. The van der Waals surface area contributed by atoms with E-state index in [2.05, 4.69) is 12.6 Å². The zero-order valence-corrected chi connectivity index (χ0v) is 9.45. The molecule has 3 nitrogen and oxygen atoms in total. The molecule has 1 rings (SSSR count). The summed E-state index contributed by atoms with van der Waals surface area (Å²) in [6.45, 7) is 1.01. The van der Waals surface area contributed by atoms with Gasteiger partial charge in [0.2, 0.25) is 0 Å². The lowest BCUT2D eigenvalue weighted by molar-refractivity contribution is -0.388. The van der Waals surface area contributed by atoms with Gasteiger partial charge >= 0.3 is 6.18 Å².